The van der Waals surface area contributed by atoms with E-state index in [-0.39, 0.29) is 34.7 Å². The fourth-order valence-corrected chi connectivity index (χ4v) is 4.48. The molecule has 2 unspecified atom stereocenters. The highest BCUT2D eigenvalue weighted by Crippen LogP contribution is 2.33. The molecular weight excluding hydrogens is 553 g/mol. The van der Waals surface area contributed by atoms with Crippen molar-refractivity contribution < 1.29 is 45.0 Å². The second-order valence-corrected chi connectivity index (χ2v) is 9.67. The molecule has 41 heavy (non-hydrogen) atoms. The van der Waals surface area contributed by atoms with Crippen molar-refractivity contribution in [2.75, 3.05) is 6.61 Å². The Labute approximate surface area is 230 Å². The number of carbonyl (C=O) groups excluding carboxylic acids is 1. The molecule has 1 aliphatic heterocycles. The highest BCUT2D eigenvalue weighted by Gasteiger charge is 2.24. The van der Waals surface area contributed by atoms with Gasteiger partial charge in [-0.15, -0.1) is 0 Å². The normalized spacial score (nSPS) is 16.9. The van der Waals surface area contributed by atoms with Gasteiger partial charge in [-0.3, -0.25) is 4.79 Å². The van der Waals surface area contributed by atoms with Crippen molar-refractivity contribution in [3.8, 4) is 17.6 Å². The third kappa shape index (κ3) is 6.98. The maximum atomic E-state index is 14.0. The predicted octanol–water partition coefficient (Wildman–Crippen LogP) is 8.48. The van der Waals surface area contributed by atoms with Gasteiger partial charge < -0.3 is 9.47 Å². The highest BCUT2D eigenvalue weighted by molar-refractivity contribution is 5.86. The lowest BCUT2D eigenvalue weighted by molar-refractivity contribution is -0.120. The van der Waals surface area contributed by atoms with Crippen LogP contribution in [0.3, 0.4) is 0 Å². The van der Waals surface area contributed by atoms with Gasteiger partial charge in [0.2, 0.25) is 0 Å². The minimum absolute atomic E-state index is 0.0295. The van der Waals surface area contributed by atoms with E-state index in [0.717, 1.165) is 43.1 Å². The summed E-state index contributed by atoms with van der Waals surface area (Å²) in [6.07, 6.45) is -2.72. The summed E-state index contributed by atoms with van der Waals surface area (Å²) in [7, 11) is 0. The maximum absolute atomic E-state index is 14.0. The molecule has 0 saturated carbocycles. The Morgan fingerprint density at radius 3 is 2.22 bits per heavy atom. The average Bonchev–Trinajstić information content (AvgIpc) is 2.91. The number of ether oxygens (including phenoxy) is 2. The average molecular weight is 577 g/mol. The lowest BCUT2D eigenvalue weighted by Crippen LogP contribution is -2.18. The monoisotopic (exact) mass is 576 g/mol. The zero-order valence-corrected chi connectivity index (χ0v) is 21.8. The Balaban J connectivity index is 0.000000189. The molecule has 1 fully saturated rings. The molecule has 0 bridgehead atoms. The predicted molar refractivity (Wildman–Crippen MR) is 139 cm³/mol. The van der Waals surface area contributed by atoms with E-state index < -0.39 is 35.0 Å². The largest absolute Gasteiger partial charge is 0.458 e. The summed E-state index contributed by atoms with van der Waals surface area (Å²) in [5.41, 5.74) is 0.115. The summed E-state index contributed by atoms with van der Waals surface area (Å²) in [5, 5.41) is 0.963. The van der Waals surface area contributed by atoms with Crippen molar-refractivity contribution in [3.05, 3.63) is 88.5 Å². The molecular formula is C31H23F7O3. The van der Waals surface area contributed by atoms with Gasteiger partial charge in [-0.25, -0.2) is 17.6 Å². The zero-order chi connectivity index (χ0) is 29.9. The summed E-state index contributed by atoms with van der Waals surface area (Å²) < 4.78 is 102. The van der Waals surface area contributed by atoms with Gasteiger partial charge in [0, 0.05) is 28.9 Å². The highest BCUT2D eigenvalue weighted by atomic mass is 19.4. The fraction of sp³-hybridized carbons (Fsp3) is 0.258. The van der Waals surface area contributed by atoms with Gasteiger partial charge in [-0.05, 0) is 78.4 Å². The van der Waals surface area contributed by atoms with Crippen LogP contribution in [0.2, 0.25) is 0 Å². The van der Waals surface area contributed by atoms with Gasteiger partial charge in [-0.1, -0.05) is 25.0 Å². The van der Waals surface area contributed by atoms with Gasteiger partial charge in [0.25, 0.3) is 6.47 Å². The van der Waals surface area contributed by atoms with E-state index >= 15 is 0 Å². The summed E-state index contributed by atoms with van der Waals surface area (Å²) in [4.78, 5) is 10.2. The Morgan fingerprint density at radius 2 is 1.56 bits per heavy atom. The third-order valence-corrected chi connectivity index (χ3v) is 6.67. The Morgan fingerprint density at radius 1 is 0.902 bits per heavy atom. The van der Waals surface area contributed by atoms with Crippen LogP contribution < -0.4 is 4.74 Å². The second kappa shape index (κ2) is 12.2. The van der Waals surface area contributed by atoms with Crippen LogP contribution in [0.5, 0.6) is 5.75 Å². The topological polar surface area (TPSA) is 35.5 Å². The van der Waals surface area contributed by atoms with Crippen molar-refractivity contribution in [1.29, 1.82) is 0 Å². The first kappa shape index (κ1) is 29.9. The van der Waals surface area contributed by atoms with Gasteiger partial charge >= 0.3 is 6.18 Å². The molecule has 0 aromatic heterocycles. The summed E-state index contributed by atoms with van der Waals surface area (Å²) in [5.74, 6) is -0.518. The van der Waals surface area contributed by atoms with Gasteiger partial charge in [-0.2, -0.15) is 13.2 Å². The fourth-order valence-electron chi connectivity index (χ4n) is 4.48. The first-order valence-electron chi connectivity index (χ1n) is 12.5. The molecule has 0 spiro atoms. The van der Waals surface area contributed by atoms with Crippen LogP contribution in [0, 0.1) is 48.0 Å². The third-order valence-electron chi connectivity index (χ3n) is 6.67. The van der Waals surface area contributed by atoms with E-state index in [1.165, 1.54) is 31.0 Å². The van der Waals surface area contributed by atoms with Crippen molar-refractivity contribution in [2.24, 2.45) is 5.92 Å². The maximum Gasteiger partial charge on any atom is 0.458 e. The number of carbonyl (C=O) groups is 1. The number of alkyl halides is 3. The van der Waals surface area contributed by atoms with Crippen LogP contribution >= 0.6 is 0 Å². The van der Waals surface area contributed by atoms with Gasteiger partial charge in [0.15, 0.2) is 0 Å². The van der Waals surface area contributed by atoms with Crippen LogP contribution in [0.15, 0.2) is 48.5 Å². The van der Waals surface area contributed by atoms with E-state index in [9.17, 15) is 35.5 Å². The van der Waals surface area contributed by atoms with E-state index in [1.54, 1.807) is 6.07 Å². The summed E-state index contributed by atoms with van der Waals surface area (Å²) >= 11 is 0. The lowest BCUT2D eigenvalue weighted by Gasteiger charge is -2.27. The molecule has 5 rings (SSSR count). The molecule has 1 aliphatic rings. The van der Waals surface area contributed by atoms with E-state index in [2.05, 4.69) is 11.7 Å². The first-order chi connectivity index (χ1) is 19.4. The molecule has 1 heterocycles. The van der Waals surface area contributed by atoms with Crippen LogP contribution in [0.1, 0.15) is 42.6 Å². The minimum atomic E-state index is -4.85. The van der Waals surface area contributed by atoms with Gasteiger partial charge in [0.1, 0.15) is 29.0 Å². The molecule has 1 saturated heterocycles. The summed E-state index contributed by atoms with van der Waals surface area (Å²) in [6.45, 7) is 4.52. The van der Waals surface area contributed by atoms with Crippen molar-refractivity contribution in [1.82, 2.24) is 0 Å². The summed E-state index contributed by atoms with van der Waals surface area (Å²) in [6, 6.07) is 11.2. The second-order valence-electron chi connectivity index (χ2n) is 9.67. The van der Waals surface area contributed by atoms with Gasteiger partial charge in [0.05, 0.1) is 11.7 Å². The molecule has 10 heteroatoms. The minimum Gasteiger partial charge on any atom is -0.429 e. The van der Waals surface area contributed by atoms with E-state index in [4.69, 9.17) is 4.74 Å². The van der Waals surface area contributed by atoms with E-state index in [0.29, 0.717) is 16.7 Å². The lowest BCUT2D eigenvalue weighted by atomic mass is 9.94. The Hall–Kier alpha value is -4.10. The zero-order valence-electron chi connectivity index (χ0n) is 21.8. The number of hydrogen-bond donors (Lipinski definition) is 0. The Bertz CT molecular complexity index is 1660. The quantitative estimate of drug-likeness (QED) is 0.139. The van der Waals surface area contributed by atoms with Crippen LogP contribution in [0.25, 0.3) is 21.5 Å². The molecule has 0 N–H and O–H groups in total. The molecule has 4 aromatic carbocycles. The molecule has 2 atom stereocenters. The molecule has 0 radical (unpaired) electrons. The SMILES string of the molecule is Cc1c(F)cc2cc(C3CCC(C)CO3)ccc2c1F.O=COc1ccc2c(F)c(C#CC(F)(F)F)c(F)cc2c1. The first-order valence-corrected chi connectivity index (χ1v) is 12.5. The molecule has 214 valence electrons. The van der Waals surface area contributed by atoms with Crippen molar-refractivity contribution in [2.45, 2.75) is 39.0 Å². The number of halogens is 7. The smallest absolute Gasteiger partial charge is 0.429 e. The van der Waals surface area contributed by atoms with Crippen LogP contribution in [-0.4, -0.2) is 19.3 Å². The molecule has 0 amide bonds. The number of fused-ring (bicyclic) bond motifs is 2. The number of benzene rings is 4. The van der Waals surface area contributed by atoms with Crippen LogP contribution in [-0.2, 0) is 9.53 Å². The standard InChI is InChI=1S/C17H18F2O.C14H5F5O2/c1-10-3-6-16(20-9-10)12-4-5-14-13(7-12)8-15(18)11(2)17(14)19;15-12-6-8-5-9(21-7-20)1-2-10(8)13(16)11(12)3-4-14(17,18)19/h4-5,7-8,10,16H,3,6,9H2,1-2H3;1-2,5-7H. The van der Waals surface area contributed by atoms with Crippen molar-refractivity contribution in [3.63, 3.8) is 0 Å². The number of hydrogen-bond acceptors (Lipinski definition) is 3. The van der Waals surface area contributed by atoms with Crippen molar-refractivity contribution >= 4 is 28.0 Å². The molecule has 4 aromatic rings. The molecule has 3 nitrogen and oxygen atoms in total. The van der Waals surface area contributed by atoms with E-state index in [1.807, 2.05) is 12.1 Å². The number of rotatable bonds is 3. The molecule has 0 aliphatic carbocycles. The Kier molecular flexibility index (Phi) is 8.88. The van der Waals surface area contributed by atoms with Crippen LogP contribution in [0.4, 0.5) is 30.7 Å².